The summed E-state index contributed by atoms with van der Waals surface area (Å²) in [7, 11) is 0. The van der Waals surface area contributed by atoms with E-state index in [1.807, 2.05) is 18.7 Å². The normalized spacial score (nSPS) is 15.3. The molecule has 11 heteroatoms. The topological polar surface area (TPSA) is 121 Å². The number of thiazole rings is 1. The van der Waals surface area contributed by atoms with Crippen LogP contribution in [0, 0.1) is 24.0 Å². The van der Waals surface area contributed by atoms with E-state index in [2.05, 4.69) is 25.2 Å². The summed E-state index contributed by atoms with van der Waals surface area (Å²) in [5.41, 5.74) is 0.739. The number of aromatic nitrogens is 3. The molecule has 0 saturated carbocycles. The van der Waals surface area contributed by atoms with Crippen LogP contribution >= 0.6 is 11.3 Å². The molecule has 0 atom stereocenters. The fourth-order valence-electron chi connectivity index (χ4n) is 2.81. The van der Waals surface area contributed by atoms with Crippen LogP contribution in [0.1, 0.15) is 10.6 Å². The van der Waals surface area contributed by atoms with E-state index in [-0.39, 0.29) is 18.1 Å². The van der Waals surface area contributed by atoms with Gasteiger partial charge in [-0.15, -0.1) is 11.3 Å². The maximum absolute atomic E-state index is 11.7. The maximum atomic E-state index is 11.7. The largest absolute Gasteiger partial charge is 0.395 e. The van der Waals surface area contributed by atoms with Crippen molar-refractivity contribution in [3.8, 4) is 0 Å². The van der Waals surface area contributed by atoms with Crippen molar-refractivity contribution in [3.05, 3.63) is 27.0 Å². The molecule has 0 spiro atoms. The Morgan fingerprint density at radius 2 is 2.04 bits per heavy atom. The lowest BCUT2D eigenvalue weighted by atomic mass is 10.3. The summed E-state index contributed by atoms with van der Waals surface area (Å²) < 4.78 is 0. The van der Waals surface area contributed by atoms with Gasteiger partial charge in [-0.2, -0.15) is 0 Å². The molecule has 140 valence electrons. The Balaban J connectivity index is 1.86. The monoisotopic (exact) mass is 379 g/mol. The van der Waals surface area contributed by atoms with E-state index >= 15 is 0 Å². The zero-order chi connectivity index (χ0) is 18.7. The molecule has 2 N–H and O–H groups in total. The van der Waals surface area contributed by atoms with Gasteiger partial charge in [0.25, 0.3) is 0 Å². The van der Waals surface area contributed by atoms with Gasteiger partial charge in [0.1, 0.15) is 6.33 Å². The number of hydrogen-bond acceptors (Lipinski definition) is 10. The number of rotatable bonds is 6. The molecule has 1 fully saturated rings. The van der Waals surface area contributed by atoms with Crippen molar-refractivity contribution in [1.29, 1.82) is 0 Å². The van der Waals surface area contributed by atoms with Gasteiger partial charge >= 0.3 is 5.69 Å². The highest BCUT2D eigenvalue weighted by molar-refractivity contribution is 7.15. The lowest BCUT2D eigenvalue weighted by Crippen LogP contribution is -2.47. The van der Waals surface area contributed by atoms with Crippen LogP contribution in [0.25, 0.3) is 0 Å². The van der Waals surface area contributed by atoms with E-state index in [1.165, 1.54) is 17.7 Å². The van der Waals surface area contributed by atoms with Gasteiger partial charge in [-0.25, -0.2) is 15.0 Å². The molecule has 0 bridgehead atoms. The summed E-state index contributed by atoms with van der Waals surface area (Å²) in [6, 6.07) is 0. The van der Waals surface area contributed by atoms with E-state index in [9.17, 15) is 10.1 Å². The lowest BCUT2D eigenvalue weighted by Gasteiger charge is -2.34. The zero-order valence-electron chi connectivity index (χ0n) is 14.7. The second kappa shape index (κ2) is 7.89. The van der Waals surface area contributed by atoms with Crippen LogP contribution in [-0.4, -0.2) is 69.2 Å². The van der Waals surface area contributed by atoms with E-state index in [0.29, 0.717) is 30.6 Å². The molecule has 0 radical (unpaired) electrons. The maximum Gasteiger partial charge on any atom is 0.353 e. The minimum atomic E-state index is -0.453. The minimum absolute atomic E-state index is 0.106. The molecular formula is C15H21N7O3S. The van der Waals surface area contributed by atoms with Crippen LogP contribution in [0.5, 0.6) is 0 Å². The van der Waals surface area contributed by atoms with Crippen LogP contribution in [-0.2, 0) is 0 Å². The second-order valence-electron chi connectivity index (χ2n) is 5.99. The van der Waals surface area contributed by atoms with Gasteiger partial charge in [-0.3, -0.25) is 15.0 Å². The number of aliphatic hydroxyl groups is 1. The predicted octanol–water partition coefficient (Wildman–Crippen LogP) is 1.32. The lowest BCUT2D eigenvalue weighted by molar-refractivity contribution is -0.383. The van der Waals surface area contributed by atoms with E-state index in [1.54, 1.807) is 0 Å². The predicted molar refractivity (Wildman–Crippen MR) is 99.3 cm³/mol. The number of nitro groups is 1. The van der Waals surface area contributed by atoms with Gasteiger partial charge in [0.15, 0.2) is 5.13 Å². The molecule has 3 rings (SSSR count). The van der Waals surface area contributed by atoms with Crippen molar-refractivity contribution >= 4 is 33.8 Å². The van der Waals surface area contributed by atoms with Gasteiger partial charge in [0, 0.05) is 37.6 Å². The average molecular weight is 379 g/mol. The van der Waals surface area contributed by atoms with Crippen LogP contribution in [0.3, 0.4) is 0 Å². The summed E-state index contributed by atoms with van der Waals surface area (Å²) in [5, 5.41) is 24.3. The number of aliphatic hydroxyl groups excluding tert-OH is 1. The van der Waals surface area contributed by atoms with E-state index < -0.39 is 4.92 Å². The minimum Gasteiger partial charge on any atom is -0.395 e. The summed E-state index contributed by atoms with van der Waals surface area (Å²) >= 11 is 1.43. The first-order chi connectivity index (χ1) is 12.5. The zero-order valence-corrected chi connectivity index (χ0v) is 15.5. The average Bonchev–Trinajstić information content (AvgIpc) is 2.93. The van der Waals surface area contributed by atoms with Gasteiger partial charge in [0.2, 0.25) is 11.6 Å². The quantitative estimate of drug-likeness (QED) is 0.565. The van der Waals surface area contributed by atoms with Gasteiger partial charge < -0.3 is 15.3 Å². The van der Waals surface area contributed by atoms with Crippen molar-refractivity contribution in [1.82, 2.24) is 19.9 Å². The van der Waals surface area contributed by atoms with Crippen molar-refractivity contribution in [2.75, 3.05) is 49.5 Å². The summed E-state index contributed by atoms with van der Waals surface area (Å²) in [6.07, 6.45) is 1.33. The third-order valence-electron chi connectivity index (χ3n) is 4.33. The molecule has 1 aliphatic rings. The first kappa shape index (κ1) is 18.4. The highest BCUT2D eigenvalue weighted by atomic mass is 32.1. The highest BCUT2D eigenvalue weighted by Crippen LogP contribution is 2.35. The molecule has 0 amide bonds. The van der Waals surface area contributed by atoms with Crippen molar-refractivity contribution in [3.63, 3.8) is 0 Å². The third kappa shape index (κ3) is 3.89. The molecule has 26 heavy (non-hydrogen) atoms. The first-order valence-corrected chi connectivity index (χ1v) is 9.10. The van der Waals surface area contributed by atoms with Crippen LogP contribution in [0.4, 0.5) is 22.5 Å². The van der Waals surface area contributed by atoms with E-state index in [4.69, 9.17) is 5.11 Å². The second-order valence-corrected chi connectivity index (χ2v) is 7.19. The molecule has 1 saturated heterocycles. The fraction of sp³-hybridized carbons (Fsp3) is 0.533. The summed E-state index contributed by atoms with van der Waals surface area (Å²) in [4.78, 5) is 28.9. The Hall–Kier alpha value is -2.37. The summed E-state index contributed by atoms with van der Waals surface area (Å²) in [5.74, 6) is 0.452. The summed E-state index contributed by atoms with van der Waals surface area (Å²) in [6.45, 7) is 7.19. The SMILES string of the molecule is Cc1nc(Nc2ncnc(N3CCN(CCO)CC3)c2[N+](=O)[O-])sc1C. The molecule has 1 aliphatic heterocycles. The molecule has 3 heterocycles. The molecular weight excluding hydrogens is 358 g/mol. The fourth-order valence-corrected chi connectivity index (χ4v) is 3.63. The Kier molecular flexibility index (Phi) is 5.59. The van der Waals surface area contributed by atoms with Gasteiger partial charge in [0.05, 0.1) is 17.2 Å². The third-order valence-corrected chi connectivity index (χ3v) is 5.32. The van der Waals surface area contributed by atoms with Crippen LogP contribution in [0.15, 0.2) is 6.33 Å². The van der Waals surface area contributed by atoms with Crippen LogP contribution < -0.4 is 10.2 Å². The Labute approximate surface area is 154 Å². The first-order valence-electron chi connectivity index (χ1n) is 8.28. The standard InChI is InChI=1S/C15H21N7O3S/c1-10-11(2)26-15(18-10)19-13-12(22(24)25)14(17-9-16-13)21-5-3-20(4-6-21)7-8-23/h9,23H,3-8H2,1-2H3,(H,16,17,18,19). The number of piperazine rings is 1. The highest BCUT2D eigenvalue weighted by Gasteiger charge is 2.29. The van der Waals surface area contributed by atoms with Crippen molar-refractivity contribution < 1.29 is 10.0 Å². The Morgan fingerprint density at radius 3 is 2.62 bits per heavy atom. The van der Waals surface area contributed by atoms with Gasteiger partial charge in [-0.05, 0) is 13.8 Å². The van der Waals surface area contributed by atoms with Gasteiger partial charge in [-0.1, -0.05) is 0 Å². The number of anilines is 3. The smallest absolute Gasteiger partial charge is 0.353 e. The molecule has 0 unspecified atom stereocenters. The molecule has 2 aromatic rings. The number of β-amino-alcohol motifs (C(OH)–C–C–N with tert-alkyl or cyclic N) is 1. The number of aryl methyl sites for hydroxylation is 2. The molecule has 0 aliphatic carbocycles. The molecule has 2 aromatic heterocycles. The molecule has 0 aromatic carbocycles. The number of nitrogens with zero attached hydrogens (tertiary/aromatic N) is 6. The Bertz CT molecular complexity index is 770. The van der Waals surface area contributed by atoms with Crippen LogP contribution in [0.2, 0.25) is 0 Å². The number of nitrogens with one attached hydrogen (secondary N) is 1. The number of hydrogen-bond donors (Lipinski definition) is 2. The van der Waals surface area contributed by atoms with E-state index in [0.717, 1.165) is 23.7 Å². The van der Waals surface area contributed by atoms with Crippen molar-refractivity contribution in [2.45, 2.75) is 13.8 Å². The Morgan fingerprint density at radius 1 is 1.31 bits per heavy atom. The molecule has 10 nitrogen and oxygen atoms in total. The van der Waals surface area contributed by atoms with Crippen molar-refractivity contribution in [2.24, 2.45) is 0 Å².